The Bertz CT molecular complexity index is 202. The van der Waals surface area contributed by atoms with Crippen LogP contribution in [-0.4, -0.2) is 54.4 Å². The zero-order chi connectivity index (χ0) is 10.8. The van der Waals surface area contributed by atoms with E-state index in [0.29, 0.717) is 11.4 Å². The molecule has 0 radical (unpaired) electrons. The van der Waals surface area contributed by atoms with Crippen LogP contribution < -0.4 is 0 Å². The largest absolute Gasteiger partial charge is 0.306 e. The third-order valence-electron chi connectivity index (χ3n) is 3.98. The van der Waals surface area contributed by atoms with Crippen molar-refractivity contribution in [2.24, 2.45) is 5.92 Å². The number of nitrogens with zero attached hydrogens (tertiary/aromatic N) is 2. The summed E-state index contributed by atoms with van der Waals surface area (Å²) in [7, 11) is 2.23. The molecule has 15 heavy (non-hydrogen) atoms. The Morgan fingerprint density at radius 1 is 1.27 bits per heavy atom. The van der Waals surface area contributed by atoms with E-state index in [1.165, 1.54) is 38.9 Å². The predicted octanol–water partition coefficient (Wildman–Crippen LogP) is 2.03. The van der Waals surface area contributed by atoms with Gasteiger partial charge in [0.15, 0.2) is 0 Å². The highest BCUT2D eigenvalue weighted by Crippen LogP contribution is 2.25. The first-order valence-electron chi connectivity index (χ1n) is 6.22. The van der Waals surface area contributed by atoms with E-state index in [1.54, 1.807) is 0 Å². The first-order valence-corrected chi connectivity index (χ1v) is 6.65. The summed E-state index contributed by atoms with van der Waals surface area (Å²) < 4.78 is 0. The first-order chi connectivity index (χ1) is 7.15. The number of piperidine rings is 1. The number of likely N-dealkylation sites (tertiary alicyclic amines) is 2. The summed E-state index contributed by atoms with van der Waals surface area (Å²) in [6.07, 6.45) is 3.91. The van der Waals surface area contributed by atoms with Crippen LogP contribution in [0, 0.1) is 5.92 Å². The molecule has 0 aromatic carbocycles. The summed E-state index contributed by atoms with van der Waals surface area (Å²) >= 11 is 6.19. The van der Waals surface area contributed by atoms with Crippen molar-refractivity contribution in [3.8, 4) is 0 Å². The standard InChI is InChI=1S/C12H23ClN2/c1-10-7-12(13)9-15(10)8-11-3-5-14(2)6-4-11/h10-12H,3-9H2,1-2H3. The fourth-order valence-electron chi connectivity index (χ4n) is 2.86. The molecule has 2 aliphatic rings. The molecule has 0 amide bonds. The van der Waals surface area contributed by atoms with Crippen LogP contribution in [-0.2, 0) is 0 Å². The van der Waals surface area contributed by atoms with E-state index in [2.05, 4.69) is 23.8 Å². The molecule has 2 atom stereocenters. The van der Waals surface area contributed by atoms with Gasteiger partial charge in [-0.2, -0.15) is 0 Å². The second-order valence-electron chi connectivity index (χ2n) is 5.38. The van der Waals surface area contributed by atoms with Gasteiger partial charge in [-0.25, -0.2) is 0 Å². The van der Waals surface area contributed by atoms with Crippen LogP contribution in [0.3, 0.4) is 0 Å². The predicted molar refractivity (Wildman–Crippen MR) is 65.5 cm³/mol. The van der Waals surface area contributed by atoms with Crippen molar-refractivity contribution in [1.29, 1.82) is 0 Å². The first kappa shape index (κ1) is 11.7. The SMILES string of the molecule is CC1CC(Cl)CN1CC1CCN(C)CC1. The summed E-state index contributed by atoms with van der Waals surface area (Å²) in [6.45, 7) is 7.25. The van der Waals surface area contributed by atoms with E-state index >= 15 is 0 Å². The molecule has 2 fully saturated rings. The van der Waals surface area contributed by atoms with Gasteiger partial charge in [0.2, 0.25) is 0 Å². The lowest BCUT2D eigenvalue weighted by Gasteiger charge is -2.33. The molecular weight excluding hydrogens is 208 g/mol. The maximum Gasteiger partial charge on any atom is 0.0478 e. The Labute approximate surface area is 98.6 Å². The Kier molecular flexibility index (Phi) is 3.92. The Balaban J connectivity index is 1.77. The summed E-state index contributed by atoms with van der Waals surface area (Å²) in [5.41, 5.74) is 0. The van der Waals surface area contributed by atoms with E-state index in [4.69, 9.17) is 11.6 Å². The van der Waals surface area contributed by atoms with Crippen LogP contribution in [0.5, 0.6) is 0 Å². The van der Waals surface area contributed by atoms with Gasteiger partial charge in [0.1, 0.15) is 0 Å². The van der Waals surface area contributed by atoms with E-state index in [0.717, 1.165) is 12.5 Å². The van der Waals surface area contributed by atoms with Crippen LogP contribution in [0.1, 0.15) is 26.2 Å². The summed E-state index contributed by atoms with van der Waals surface area (Å²) in [5, 5.41) is 0.395. The highest BCUT2D eigenvalue weighted by molar-refractivity contribution is 6.21. The highest BCUT2D eigenvalue weighted by Gasteiger charge is 2.29. The second kappa shape index (κ2) is 5.03. The molecule has 3 heteroatoms. The summed E-state index contributed by atoms with van der Waals surface area (Å²) in [6, 6.07) is 0.701. The number of halogens is 1. The molecule has 88 valence electrons. The normalized spacial score (nSPS) is 36.2. The molecule has 0 saturated carbocycles. The maximum absolute atomic E-state index is 6.19. The van der Waals surface area contributed by atoms with Crippen molar-refractivity contribution in [2.75, 3.05) is 33.2 Å². The van der Waals surface area contributed by atoms with Gasteiger partial charge in [0.25, 0.3) is 0 Å². The van der Waals surface area contributed by atoms with Gasteiger partial charge in [-0.15, -0.1) is 11.6 Å². The maximum atomic E-state index is 6.19. The molecule has 0 aromatic heterocycles. The third kappa shape index (κ3) is 3.08. The van der Waals surface area contributed by atoms with Crippen LogP contribution in [0.15, 0.2) is 0 Å². The quantitative estimate of drug-likeness (QED) is 0.670. The molecule has 2 saturated heterocycles. The molecule has 0 aromatic rings. The smallest absolute Gasteiger partial charge is 0.0478 e. The molecule has 2 rings (SSSR count). The lowest BCUT2D eigenvalue weighted by molar-refractivity contribution is 0.157. The van der Waals surface area contributed by atoms with Gasteiger partial charge >= 0.3 is 0 Å². The van der Waals surface area contributed by atoms with Crippen LogP contribution in [0.4, 0.5) is 0 Å². The summed E-state index contributed by atoms with van der Waals surface area (Å²) in [5.74, 6) is 0.908. The van der Waals surface area contributed by atoms with E-state index in [9.17, 15) is 0 Å². The van der Waals surface area contributed by atoms with E-state index in [1.807, 2.05) is 0 Å². The lowest BCUT2D eigenvalue weighted by Crippen LogP contribution is -2.38. The average molecular weight is 231 g/mol. The van der Waals surface area contributed by atoms with Crippen molar-refractivity contribution in [3.63, 3.8) is 0 Å². The van der Waals surface area contributed by atoms with E-state index in [-0.39, 0.29) is 0 Å². The minimum absolute atomic E-state index is 0.395. The van der Waals surface area contributed by atoms with Gasteiger partial charge in [-0.3, -0.25) is 4.90 Å². The van der Waals surface area contributed by atoms with Gasteiger partial charge < -0.3 is 4.90 Å². The Morgan fingerprint density at radius 2 is 1.93 bits per heavy atom. The van der Waals surface area contributed by atoms with Crippen LogP contribution in [0.25, 0.3) is 0 Å². The molecule has 2 aliphatic heterocycles. The minimum atomic E-state index is 0.395. The second-order valence-corrected chi connectivity index (χ2v) is 6.00. The number of alkyl halides is 1. The zero-order valence-electron chi connectivity index (χ0n) is 9.95. The summed E-state index contributed by atoms with van der Waals surface area (Å²) in [4.78, 5) is 5.03. The van der Waals surface area contributed by atoms with Crippen LogP contribution >= 0.6 is 11.6 Å². The monoisotopic (exact) mass is 230 g/mol. The molecule has 0 aliphatic carbocycles. The molecule has 0 spiro atoms. The van der Waals surface area contributed by atoms with Gasteiger partial charge in [-0.1, -0.05) is 0 Å². The van der Waals surface area contributed by atoms with Crippen molar-refractivity contribution >= 4 is 11.6 Å². The lowest BCUT2D eigenvalue weighted by atomic mass is 9.96. The van der Waals surface area contributed by atoms with E-state index < -0.39 is 0 Å². The fourth-order valence-corrected chi connectivity index (χ4v) is 3.29. The zero-order valence-corrected chi connectivity index (χ0v) is 10.7. The minimum Gasteiger partial charge on any atom is -0.306 e. The Morgan fingerprint density at radius 3 is 2.47 bits per heavy atom. The fraction of sp³-hybridized carbons (Fsp3) is 1.00. The van der Waals surface area contributed by atoms with Gasteiger partial charge in [0.05, 0.1) is 0 Å². The molecular formula is C12H23ClN2. The molecule has 0 N–H and O–H groups in total. The third-order valence-corrected chi connectivity index (χ3v) is 4.30. The molecule has 2 heterocycles. The number of rotatable bonds is 2. The molecule has 2 unspecified atom stereocenters. The molecule has 0 bridgehead atoms. The molecule has 2 nitrogen and oxygen atoms in total. The van der Waals surface area contributed by atoms with Crippen LogP contribution in [0.2, 0.25) is 0 Å². The van der Waals surface area contributed by atoms with Gasteiger partial charge in [0, 0.05) is 24.5 Å². The highest BCUT2D eigenvalue weighted by atomic mass is 35.5. The Hall–Kier alpha value is 0.210. The van der Waals surface area contributed by atoms with Crippen molar-refractivity contribution in [1.82, 2.24) is 9.80 Å². The average Bonchev–Trinajstić information content (AvgIpc) is 2.49. The number of hydrogen-bond acceptors (Lipinski definition) is 2. The van der Waals surface area contributed by atoms with Crippen molar-refractivity contribution < 1.29 is 0 Å². The van der Waals surface area contributed by atoms with Crippen molar-refractivity contribution in [3.05, 3.63) is 0 Å². The number of hydrogen-bond donors (Lipinski definition) is 0. The topological polar surface area (TPSA) is 6.48 Å². The van der Waals surface area contributed by atoms with Crippen molar-refractivity contribution in [2.45, 2.75) is 37.6 Å². The van der Waals surface area contributed by atoms with Gasteiger partial charge in [-0.05, 0) is 52.2 Å².